The average molecular weight is 281 g/mol. The van der Waals surface area contributed by atoms with E-state index >= 15 is 0 Å². The third-order valence-corrected chi connectivity index (χ3v) is 2.56. The van der Waals surface area contributed by atoms with E-state index in [4.69, 9.17) is 0 Å². The van der Waals surface area contributed by atoms with Crippen molar-refractivity contribution in [2.24, 2.45) is 0 Å². The van der Waals surface area contributed by atoms with Gasteiger partial charge in [-0.2, -0.15) is 5.10 Å². The molecule has 0 amide bonds. The van der Waals surface area contributed by atoms with Gasteiger partial charge < -0.3 is 0 Å². The summed E-state index contributed by atoms with van der Waals surface area (Å²) < 4.78 is 2.56. The van der Waals surface area contributed by atoms with E-state index in [1.54, 1.807) is 4.68 Å². The summed E-state index contributed by atoms with van der Waals surface area (Å²) in [7, 11) is 0. The number of hydrogen-bond acceptors (Lipinski definition) is 3. The molecule has 0 spiro atoms. The summed E-state index contributed by atoms with van der Waals surface area (Å²) >= 11 is 3.39. The second kappa shape index (κ2) is 4.74. The van der Waals surface area contributed by atoms with Crippen molar-refractivity contribution in [3.63, 3.8) is 0 Å². The molecule has 0 fully saturated rings. The molecule has 0 aliphatic carbocycles. The molecule has 2 aromatic heterocycles. The van der Waals surface area contributed by atoms with Crippen LogP contribution in [0.3, 0.4) is 0 Å². The first-order chi connectivity index (χ1) is 7.69. The molecular weight excluding hydrogens is 268 g/mol. The highest BCUT2D eigenvalue weighted by Gasteiger charge is 2.05. The van der Waals surface area contributed by atoms with Gasteiger partial charge >= 0.3 is 0 Å². The number of halogens is 1. The molecule has 84 valence electrons. The zero-order chi connectivity index (χ0) is 11.5. The van der Waals surface area contributed by atoms with Crippen LogP contribution in [0.4, 0.5) is 0 Å². The van der Waals surface area contributed by atoms with Crippen molar-refractivity contribution < 1.29 is 0 Å². The predicted molar refractivity (Wildman–Crippen MR) is 65.6 cm³/mol. The molecule has 0 aromatic carbocycles. The van der Waals surface area contributed by atoms with Crippen LogP contribution in [-0.2, 0) is 6.42 Å². The van der Waals surface area contributed by atoms with Gasteiger partial charge in [0.25, 0.3) is 0 Å². The summed E-state index contributed by atoms with van der Waals surface area (Å²) in [5, 5.41) is 4.33. The first-order valence-corrected chi connectivity index (χ1v) is 6.04. The Labute approximate surface area is 103 Å². The van der Waals surface area contributed by atoms with E-state index in [1.807, 2.05) is 25.3 Å². The Morgan fingerprint density at radius 1 is 1.38 bits per heavy atom. The first kappa shape index (κ1) is 11.3. The molecule has 5 heteroatoms. The van der Waals surface area contributed by atoms with Crippen LogP contribution < -0.4 is 0 Å². The molecule has 2 heterocycles. The summed E-state index contributed by atoms with van der Waals surface area (Å²) in [4.78, 5) is 8.79. The quantitative estimate of drug-likeness (QED) is 0.812. The van der Waals surface area contributed by atoms with Crippen LogP contribution in [0.2, 0.25) is 0 Å². The Bertz CT molecular complexity index is 492. The van der Waals surface area contributed by atoms with Crippen molar-refractivity contribution in [2.45, 2.75) is 26.7 Å². The zero-order valence-electron chi connectivity index (χ0n) is 9.31. The van der Waals surface area contributed by atoms with Crippen LogP contribution in [0.1, 0.15) is 24.9 Å². The second-order valence-corrected chi connectivity index (χ2v) is 4.43. The highest BCUT2D eigenvalue weighted by atomic mass is 79.9. The molecule has 0 atom stereocenters. The molecule has 2 aromatic rings. The lowest BCUT2D eigenvalue weighted by Gasteiger charge is -2.04. The molecule has 0 aliphatic rings. The van der Waals surface area contributed by atoms with E-state index < -0.39 is 0 Å². The Morgan fingerprint density at radius 2 is 2.19 bits per heavy atom. The number of aromatic nitrogens is 4. The monoisotopic (exact) mass is 280 g/mol. The van der Waals surface area contributed by atoms with Crippen LogP contribution in [0.15, 0.2) is 22.9 Å². The molecule has 0 N–H and O–H groups in total. The molecule has 16 heavy (non-hydrogen) atoms. The fourth-order valence-electron chi connectivity index (χ4n) is 1.45. The normalized spacial score (nSPS) is 10.7. The maximum absolute atomic E-state index is 4.47. The minimum absolute atomic E-state index is 0.800. The maximum atomic E-state index is 4.47. The Morgan fingerprint density at radius 3 is 2.81 bits per heavy atom. The summed E-state index contributed by atoms with van der Waals surface area (Å²) in [5.74, 6) is 1.65. The third-order valence-electron chi connectivity index (χ3n) is 2.16. The molecule has 0 unspecified atom stereocenters. The van der Waals surface area contributed by atoms with E-state index in [9.17, 15) is 0 Å². The largest absolute Gasteiger partial charge is 0.226 e. The number of aryl methyl sites for hydroxylation is 2. The van der Waals surface area contributed by atoms with Gasteiger partial charge in [-0.1, -0.05) is 6.92 Å². The van der Waals surface area contributed by atoms with Gasteiger partial charge in [-0.05, 0) is 35.3 Å². The lowest BCUT2D eigenvalue weighted by Crippen LogP contribution is -2.04. The van der Waals surface area contributed by atoms with E-state index in [0.717, 1.165) is 34.8 Å². The minimum atomic E-state index is 0.800. The van der Waals surface area contributed by atoms with Crippen LogP contribution in [0, 0.1) is 6.92 Å². The number of rotatable bonds is 3. The fraction of sp³-hybridized carbons (Fsp3) is 0.364. The lowest BCUT2D eigenvalue weighted by atomic mass is 10.3. The average Bonchev–Trinajstić information content (AvgIpc) is 2.64. The van der Waals surface area contributed by atoms with Crippen molar-refractivity contribution in [1.82, 2.24) is 19.7 Å². The van der Waals surface area contributed by atoms with Gasteiger partial charge in [0.2, 0.25) is 0 Å². The van der Waals surface area contributed by atoms with E-state index in [0.29, 0.717) is 0 Å². The van der Waals surface area contributed by atoms with Crippen LogP contribution in [-0.4, -0.2) is 19.7 Å². The van der Waals surface area contributed by atoms with E-state index in [2.05, 4.69) is 37.9 Å². The highest BCUT2D eigenvalue weighted by Crippen LogP contribution is 2.12. The summed E-state index contributed by atoms with van der Waals surface area (Å²) in [6.45, 7) is 4.07. The smallest absolute Gasteiger partial charge is 0.158 e. The molecule has 0 saturated heterocycles. The SMILES string of the molecule is CCCc1nc(Br)cc(-n2ccc(C)n2)n1. The van der Waals surface area contributed by atoms with Crippen LogP contribution in [0.5, 0.6) is 0 Å². The van der Waals surface area contributed by atoms with Gasteiger partial charge in [0, 0.05) is 18.7 Å². The minimum Gasteiger partial charge on any atom is -0.226 e. The number of nitrogens with zero attached hydrogens (tertiary/aromatic N) is 4. The molecule has 0 aliphatic heterocycles. The molecule has 2 rings (SSSR count). The summed E-state index contributed by atoms with van der Waals surface area (Å²) in [5.41, 5.74) is 0.978. The Hall–Kier alpha value is -1.23. The van der Waals surface area contributed by atoms with E-state index in [-0.39, 0.29) is 0 Å². The first-order valence-electron chi connectivity index (χ1n) is 5.25. The van der Waals surface area contributed by atoms with Gasteiger partial charge in [-0.3, -0.25) is 0 Å². The topological polar surface area (TPSA) is 43.6 Å². The summed E-state index contributed by atoms with van der Waals surface area (Å²) in [6.07, 6.45) is 3.82. The molecule has 0 bridgehead atoms. The fourth-order valence-corrected chi connectivity index (χ4v) is 1.86. The van der Waals surface area contributed by atoms with Gasteiger partial charge in [0.05, 0.1) is 5.69 Å². The maximum Gasteiger partial charge on any atom is 0.158 e. The molecule has 0 saturated carbocycles. The van der Waals surface area contributed by atoms with Crippen molar-refractivity contribution >= 4 is 15.9 Å². The van der Waals surface area contributed by atoms with E-state index in [1.165, 1.54) is 0 Å². The van der Waals surface area contributed by atoms with Crippen molar-refractivity contribution in [2.75, 3.05) is 0 Å². The van der Waals surface area contributed by atoms with Crippen LogP contribution >= 0.6 is 15.9 Å². The molecule has 0 radical (unpaired) electrons. The predicted octanol–water partition coefficient (Wildman–Crippen LogP) is 2.69. The molecular formula is C11H13BrN4. The third kappa shape index (κ3) is 2.47. The van der Waals surface area contributed by atoms with Crippen molar-refractivity contribution in [3.05, 3.63) is 34.5 Å². The number of hydrogen-bond donors (Lipinski definition) is 0. The van der Waals surface area contributed by atoms with Gasteiger partial charge in [-0.25, -0.2) is 14.6 Å². The Balaban J connectivity index is 2.40. The highest BCUT2D eigenvalue weighted by molar-refractivity contribution is 9.10. The van der Waals surface area contributed by atoms with Crippen molar-refractivity contribution in [3.8, 4) is 5.82 Å². The van der Waals surface area contributed by atoms with Gasteiger partial charge in [-0.15, -0.1) is 0 Å². The molecule has 4 nitrogen and oxygen atoms in total. The van der Waals surface area contributed by atoms with Crippen molar-refractivity contribution in [1.29, 1.82) is 0 Å². The van der Waals surface area contributed by atoms with Crippen LogP contribution in [0.25, 0.3) is 5.82 Å². The Kier molecular flexibility index (Phi) is 3.33. The standard InChI is InChI=1S/C11H13BrN4/c1-3-4-10-13-9(12)7-11(14-10)16-6-5-8(2)15-16/h5-7H,3-4H2,1-2H3. The lowest BCUT2D eigenvalue weighted by molar-refractivity contribution is 0.775. The second-order valence-electron chi connectivity index (χ2n) is 3.62. The van der Waals surface area contributed by atoms with Gasteiger partial charge in [0.15, 0.2) is 5.82 Å². The van der Waals surface area contributed by atoms with Gasteiger partial charge in [0.1, 0.15) is 10.4 Å². The summed E-state index contributed by atoms with van der Waals surface area (Å²) in [6, 6.07) is 3.82. The zero-order valence-corrected chi connectivity index (χ0v) is 10.9.